The molecule has 0 spiro atoms. The van der Waals surface area contributed by atoms with Crippen molar-refractivity contribution in [2.75, 3.05) is 13.2 Å². The van der Waals surface area contributed by atoms with Crippen LogP contribution in [0.4, 0.5) is 4.39 Å². The van der Waals surface area contributed by atoms with Crippen LogP contribution in [0.25, 0.3) is 0 Å². The Labute approximate surface area is 55.4 Å². The van der Waals surface area contributed by atoms with Gasteiger partial charge in [0.2, 0.25) is 0 Å². The second-order valence-corrected chi connectivity index (χ2v) is 2.98. The number of alkyl halides is 1. The minimum atomic E-state index is -0.167. The minimum absolute atomic E-state index is 0.167. The van der Waals surface area contributed by atoms with Gasteiger partial charge in [-0.05, 0) is 37.6 Å². The van der Waals surface area contributed by atoms with Crippen LogP contribution in [-0.4, -0.2) is 13.2 Å². The van der Waals surface area contributed by atoms with Crippen LogP contribution in [0.3, 0.4) is 0 Å². The highest BCUT2D eigenvalue weighted by Crippen LogP contribution is 2.51. The van der Waals surface area contributed by atoms with E-state index in [4.69, 9.17) is 5.73 Å². The molecule has 2 N–H and O–H groups in total. The molecular weight excluding hydrogens is 117 g/mol. The van der Waals surface area contributed by atoms with Crippen molar-refractivity contribution >= 4 is 0 Å². The monoisotopic (exact) mass is 131 g/mol. The van der Waals surface area contributed by atoms with E-state index < -0.39 is 0 Å². The van der Waals surface area contributed by atoms with Crippen LogP contribution >= 0.6 is 0 Å². The first-order chi connectivity index (χ1) is 4.33. The summed E-state index contributed by atoms with van der Waals surface area (Å²) in [5.74, 6) is 0. The van der Waals surface area contributed by atoms with E-state index in [1.807, 2.05) is 0 Å². The summed E-state index contributed by atoms with van der Waals surface area (Å²) in [6.45, 7) is 0.556. The lowest BCUT2D eigenvalue weighted by Gasteiger charge is -2.09. The van der Waals surface area contributed by atoms with Crippen LogP contribution < -0.4 is 5.73 Å². The third-order valence-electron chi connectivity index (χ3n) is 2.26. The summed E-state index contributed by atoms with van der Waals surface area (Å²) >= 11 is 0. The van der Waals surface area contributed by atoms with Gasteiger partial charge in [0.1, 0.15) is 0 Å². The van der Waals surface area contributed by atoms with Crippen molar-refractivity contribution < 1.29 is 4.39 Å². The number of halogens is 1. The molecule has 0 bridgehead atoms. The largest absolute Gasteiger partial charge is 0.330 e. The summed E-state index contributed by atoms with van der Waals surface area (Å²) in [6.07, 6.45) is 4.17. The summed E-state index contributed by atoms with van der Waals surface area (Å²) in [5.41, 5.74) is 5.71. The number of hydrogen-bond acceptors (Lipinski definition) is 1. The van der Waals surface area contributed by atoms with Gasteiger partial charge in [-0.15, -0.1) is 0 Å². The van der Waals surface area contributed by atoms with Gasteiger partial charge < -0.3 is 5.73 Å². The third-order valence-corrected chi connectivity index (χ3v) is 2.26. The van der Waals surface area contributed by atoms with E-state index in [9.17, 15) is 4.39 Å². The number of nitrogens with two attached hydrogens (primary N) is 1. The molecule has 0 radical (unpaired) electrons. The van der Waals surface area contributed by atoms with Crippen LogP contribution in [0.15, 0.2) is 0 Å². The maximum absolute atomic E-state index is 11.8. The molecule has 0 unspecified atom stereocenters. The molecule has 1 aliphatic carbocycles. The van der Waals surface area contributed by atoms with Crippen LogP contribution in [-0.2, 0) is 0 Å². The smallest absolute Gasteiger partial charge is 0.0899 e. The highest BCUT2D eigenvalue weighted by Gasteiger charge is 2.40. The van der Waals surface area contributed by atoms with E-state index in [1.54, 1.807) is 0 Å². The Kier molecular flexibility index (Phi) is 2.06. The van der Waals surface area contributed by atoms with E-state index in [0.29, 0.717) is 5.41 Å². The first kappa shape index (κ1) is 7.00. The fourth-order valence-corrected chi connectivity index (χ4v) is 1.31. The summed E-state index contributed by atoms with van der Waals surface area (Å²) in [5, 5.41) is 0. The molecule has 0 aromatic carbocycles. The lowest BCUT2D eigenvalue weighted by atomic mass is 9.99. The average Bonchev–Trinajstić information content (AvgIpc) is 2.51. The Balaban J connectivity index is 2.17. The molecule has 54 valence electrons. The lowest BCUT2D eigenvalue weighted by Crippen LogP contribution is -2.09. The van der Waals surface area contributed by atoms with Crippen LogP contribution in [0.2, 0.25) is 0 Å². The maximum Gasteiger partial charge on any atom is 0.0899 e. The predicted molar refractivity (Wildman–Crippen MR) is 35.9 cm³/mol. The quantitative estimate of drug-likeness (QED) is 0.614. The van der Waals surface area contributed by atoms with E-state index >= 15 is 0 Å². The van der Waals surface area contributed by atoms with Gasteiger partial charge in [0.25, 0.3) is 0 Å². The van der Waals surface area contributed by atoms with Crippen molar-refractivity contribution in [2.45, 2.75) is 25.7 Å². The van der Waals surface area contributed by atoms with Gasteiger partial charge in [0.15, 0.2) is 0 Å². The zero-order chi connectivity index (χ0) is 6.74. The second-order valence-electron chi connectivity index (χ2n) is 2.98. The molecular formula is C7H14FN. The topological polar surface area (TPSA) is 26.0 Å². The van der Waals surface area contributed by atoms with Crippen molar-refractivity contribution in [1.82, 2.24) is 0 Å². The fraction of sp³-hybridized carbons (Fsp3) is 1.00. The Morgan fingerprint density at radius 3 is 2.33 bits per heavy atom. The Hall–Kier alpha value is -0.110. The average molecular weight is 131 g/mol. The zero-order valence-corrected chi connectivity index (χ0v) is 5.70. The first-order valence-corrected chi connectivity index (χ1v) is 3.59. The predicted octanol–water partition coefficient (Wildman–Crippen LogP) is 1.48. The van der Waals surface area contributed by atoms with Crippen molar-refractivity contribution in [3.8, 4) is 0 Å². The molecule has 1 fully saturated rings. The van der Waals surface area contributed by atoms with E-state index in [2.05, 4.69) is 0 Å². The molecule has 2 heteroatoms. The normalized spacial score (nSPS) is 22.0. The van der Waals surface area contributed by atoms with Crippen LogP contribution in [0.5, 0.6) is 0 Å². The Bertz CT molecular complexity index is 80.9. The molecule has 0 aromatic heterocycles. The molecule has 1 aliphatic rings. The third kappa shape index (κ3) is 1.65. The van der Waals surface area contributed by atoms with Gasteiger partial charge in [-0.3, -0.25) is 4.39 Å². The molecule has 0 aromatic rings. The van der Waals surface area contributed by atoms with Gasteiger partial charge in [0.05, 0.1) is 6.67 Å². The number of hydrogen-bond donors (Lipinski definition) is 1. The van der Waals surface area contributed by atoms with Crippen molar-refractivity contribution in [1.29, 1.82) is 0 Å². The molecule has 9 heavy (non-hydrogen) atoms. The molecule has 0 heterocycles. The van der Waals surface area contributed by atoms with Gasteiger partial charge in [-0.2, -0.15) is 0 Å². The SMILES string of the molecule is NCCC1(CCF)CC1. The standard InChI is InChI=1S/C7H14FN/c8-5-3-7(1-2-7)4-6-9/h1-6,9H2. The van der Waals surface area contributed by atoms with E-state index in [1.165, 1.54) is 12.8 Å². The molecule has 0 saturated heterocycles. The maximum atomic E-state index is 11.8. The van der Waals surface area contributed by atoms with Gasteiger partial charge >= 0.3 is 0 Å². The molecule has 0 amide bonds. The highest BCUT2D eigenvalue weighted by molar-refractivity contribution is 4.92. The summed E-state index contributed by atoms with van der Waals surface area (Å²) in [7, 11) is 0. The van der Waals surface area contributed by atoms with Gasteiger partial charge in [0, 0.05) is 0 Å². The molecule has 0 aliphatic heterocycles. The van der Waals surface area contributed by atoms with Gasteiger partial charge in [-0.25, -0.2) is 0 Å². The van der Waals surface area contributed by atoms with Gasteiger partial charge in [-0.1, -0.05) is 0 Å². The molecule has 1 saturated carbocycles. The highest BCUT2D eigenvalue weighted by atomic mass is 19.1. The van der Waals surface area contributed by atoms with Crippen LogP contribution in [0, 0.1) is 5.41 Å². The lowest BCUT2D eigenvalue weighted by molar-refractivity contribution is 0.356. The Morgan fingerprint density at radius 1 is 1.33 bits per heavy atom. The molecule has 0 atom stereocenters. The zero-order valence-electron chi connectivity index (χ0n) is 5.70. The minimum Gasteiger partial charge on any atom is -0.330 e. The van der Waals surface area contributed by atoms with E-state index in [0.717, 1.165) is 19.4 Å². The number of rotatable bonds is 4. The van der Waals surface area contributed by atoms with Crippen molar-refractivity contribution in [3.63, 3.8) is 0 Å². The van der Waals surface area contributed by atoms with Crippen molar-refractivity contribution in [3.05, 3.63) is 0 Å². The molecule has 1 nitrogen and oxygen atoms in total. The Morgan fingerprint density at radius 2 is 2.00 bits per heavy atom. The van der Waals surface area contributed by atoms with Crippen molar-refractivity contribution in [2.24, 2.45) is 11.1 Å². The van der Waals surface area contributed by atoms with E-state index in [-0.39, 0.29) is 6.67 Å². The van der Waals surface area contributed by atoms with Crippen LogP contribution in [0.1, 0.15) is 25.7 Å². The summed E-state index contributed by atoms with van der Waals surface area (Å²) in [4.78, 5) is 0. The summed E-state index contributed by atoms with van der Waals surface area (Å²) < 4.78 is 11.8. The second kappa shape index (κ2) is 2.65. The summed E-state index contributed by atoms with van der Waals surface area (Å²) in [6, 6.07) is 0. The fourth-order valence-electron chi connectivity index (χ4n) is 1.31. The first-order valence-electron chi connectivity index (χ1n) is 3.59. The molecule has 1 rings (SSSR count).